The molecule has 0 saturated heterocycles. The molecule has 1 fully saturated rings. The highest BCUT2D eigenvalue weighted by molar-refractivity contribution is 5.93. The zero-order valence-corrected chi connectivity index (χ0v) is 17.7. The molecule has 3 aromatic rings. The summed E-state index contributed by atoms with van der Waals surface area (Å²) in [6.07, 6.45) is 6.41. The van der Waals surface area contributed by atoms with Crippen LogP contribution in [0, 0.1) is 12.8 Å². The molecule has 0 unspecified atom stereocenters. The van der Waals surface area contributed by atoms with Crippen molar-refractivity contribution in [1.29, 1.82) is 0 Å². The molecule has 2 atom stereocenters. The molecule has 7 heteroatoms. The summed E-state index contributed by atoms with van der Waals surface area (Å²) in [7, 11) is 0. The predicted molar refractivity (Wildman–Crippen MR) is 120 cm³/mol. The lowest BCUT2D eigenvalue weighted by atomic mass is 10.1. The summed E-state index contributed by atoms with van der Waals surface area (Å²) in [6, 6.07) is 8.01. The second kappa shape index (κ2) is 8.44. The first-order chi connectivity index (χ1) is 14.4. The molecule has 3 N–H and O–H groups in total. The van der Waals surface area contributed by atoms with Gasteiger partial charge in [0.15, 0.2) is 0 Å². The van der Waals surface area contributed by atoms with Gasteiger partial charge in [-0.05, 0) is 81.2 Å². The van der Waals surface area contributed by atoms with Crippen molar-refractivity contribution in [2.24, 2.45) is 5.92 Å². The second-order valence-electron chi connectivity index (χ2n) is 8.49. The Hall–Kier alpha value is -2.93. The molecular formula is C23H29N5O2. The summed E-state index contributed by atoms with van der Waals surface area (Å²) in [5.41, 5.74) is 1.06. The summed E-state index contributed by atoms with van der Waals surface area (Å²) in [5.74, 6) is 2.25. The van der Waals surface area contributed by atoms with Crippen LogP contribution in [0.4, 0.5) is 17.5 Å². The summed E-state index contributed by atoms with van der Waals surface area (Å²) in [4.78, 5) is 22.3. The lowest BCUT2D eigenvalue weighted by molar-refractivity contribution is 0.229. The molecule has 3 heterocycles. The van der Waals surface area contributed by atoms with E-state index >= 15 is 0 Å². The quantitative estimate of drug-likeness (QED) is 0.572. The molecule has 0 aromatic carbocycles. The third-order valence-corrected chi connectivity index (χ3v) is 5.78. The molecule has 1 saturated carbocycles. The molecule has 1 aliphatic carbocycles. The molecule has 3 aromatic heterocycles. The fourth-order valence-electron chi connectivity index (χ4n) is 4.15. The molecule has 0 radical (unpaired) electrons. The van der Waals surface area contributed by atoms with Crippen LogP contribution in [-0.2, 0) is 0 Å². The van der Waals surface area contributed by atoms with Crippen molar-refractivity contribution in [2.45, 2.75) is 52.1 Å². The Labute approximate surface area is 176 Å². The van der Waals surface area contributed by atoms with Gasteiger partial charge < -0.3 is 20.3 Å². The summed E-state index contributed by atoms with van der Waals surface area (Å²) >= 11 is 0. The highest BCUT2D eigenvalue weighted by Crippen LogP contribution is 2.30. The van der Waals surface area contributed by atoms with E-state index in [-0.39, 0.29) is 24.2 Å². The van der Waals surface area contributed by atoms with E-state index < -0.39 is 0 Å². The van der Waals surface area contributed by atoms with Crippen LogP contribution in [0.5, 0.6) is 0 Å². The Morgan fingerprint density at radius 3 is 2.77 bits per heavy atom. The van der Waals surface area contributed by atoms with Crippen molar-refractivity contribution in [3.8, 4) is 0 Å². The van der Waals surface area contributed by atoms with Gasteiger partial charge in [0, 0.05) is 31.1 Å². The van der Waals surface area contributed by atoms with E-state index in [9.17, 15) is 9.90 Å². The van der Waals surface area contributed by atoms with Crippen molar-refractivity contribution in [1.82, 2.24) is 14.5 Å². The van der Waals surface area contributed by atoms with Crippen LogP contribution < -0.4 is 16.2 Å². The smallest absolute Gasteiger partial charge is 0.262 e. The molecule has 4 rings (SSSR count). The Bertz CT molecular complexity index is 1110. The first kappa shape index (κ1) is 20.3. The van der Waals surface area contributed by atoms with Crippen LogP contribution in [0.15, 0.2) is 41.5 Å². The maximum Gasteiger partial charge on any atom is 0.262 e. The molecule has 1 aliphatic rings. The number of aromatic nitrogens is 3. The number of hydrogen-bond acceptors (Lipinski definition) is 6. The summed E-state index contributed by atoms with van der Waals surface area (Å²) in [5, 5.41) is 17.7. The third kappa shape index (κ3) is 4.16. The summed E-state index contributed by atoms with van der Waals surface area (Å²) < 4.78 is 1.73. The van der Waals surface area contributed by atoms with Gasteiger partial charge in [0.2, 0.25) is 0 Å². The second-order valence-corrected chi connectivity index (χ2v) is 8.49. The highest BCUT2D eigenvalue weighted by Gasteiger charge is 2.25. The standard InChI is InChI=1S/C23H29N5O2/c1-14(2)28-9-7-17-12-20(26-19-10-15(3)6-8-24-19)27-22(21(17)23(28)30)25-18-5-4-16(11-18)13-29/h6-10,12,14,16,18,29H,4-5,11,13H2,1-3H3,(H2,24,25,26,27)/t16-,18+/m1/s1. The number of rotatable bonds is 6. The molecule has 7 nitrogen and oxygen atoms in total. The number of aliphatic hydroxyl groups excluding tert-OH is 1. The number of fused-ring (bicyclic) bond motifs is 1. The monoisotopic (exact) mass is 407 g/mol. The lowest BCUT2D eigenvalue weighted by Crippen LogP contribution is -2.24. The molecule has 0 aliphatic heterocycles. The normalized spacial score (nSPS) is 18.8. The van der Waals surface area contributed by atoms with Crippen LogP contribution in [0.2, 0.25) is 0 Å². The zero-order valence-electron chi connectivity index (χ0n) is 17.7. The number of anilines is 3. The van der Waals surface area contributed by atoms with Crippen LogP contribution in [0.25, 0.3) is 10.8 Å². The maximum atomic E-state index is 13.2. The van der Waals surface area contributed by atoms with Crippen LogP contribution in [0.1, 0.15) is 44.7 Å². The molecule has 30 heavy (non-hydrogen) atoms. The Balaban J connectivity index is 1.77. The van der Waals surface area contributed by atoms with E-state index in [0.717, 1.165) is 30.2 Å². The number of pyridine rings is 3. The largest absolute Gasteiger partial charge is 0.396 e. The van der Waals surface area contributed by atoms with Gasteiger partial charge in [-0.3, -0.25) is 4.79 Å². The van der Waals surface area contributed by atoms with Gasteiger partial charge in [0.05, 0.1) is 5.39 Å². The van der Waals surface area contributed by atoms with Crippen molar-refractivity contribution in [3.63, 3.8) is 0 Å². The van der Waals surface area contributed by atoms with Crippen molar-refractivity contribution in [3.05, 3.63) is 52.6 Å². The minimum atomic E-state index is -0.0468. The Morgan fingerprint density at radius 1 is 1.23 bits per heavy atom. The van der Waals surface area contributed by atoms with Crippen LogP contribution in [-0.4, -0.2) is 32.3 Å². The highest BCUT2D eigenvalue weighted by atomic mass is 16.3. The number of nitrogens with one attached hydrogen (secondary N) is 2. The minimum absolute atomic E-state index is 0.0468. The maximum absolute atomic E-state index is 13.2. The van der Waals surface area contributed by atoms with E-state index in [1.165, 1.54) is 0 Å². The van der Waals surface area contributed by atoms with E-state index in [1.807, 2.05) is 51.2 Å². The number of hydrogen-bond donors (Lipinski definition) is 3. The topological polar surface area (TPSA) is 92.1 Å². The van der Waals surface area contributed by atoms with Crippen LogP contribution >= 0.6 is 0 Å². The van der Waals surface area contributed by atoms with Crippen molar-refractivity contribution < 1.29 is 5.11 Å². The van der Waals surface area contributed by atoms with Gasteiger partial charge in [-0.1, -0.05) is 0 Å². The number of nitrogens with zero attached hydrogens (tertiary/aromatic N) is 3. The van der Waals surface area contributed by atoms with E-state index in [2.05, 4.69) is 15.6 Å². The first-order valence-electron chi connectivity index (χ1n) is 10.6. The molecular weight excluding hydrogens is 378 g/mol. The summed E-state index contributed by atoms with van der Waals surface area (Å²) in [6.45, 7) is 6.21. The van der Waals surface area contributed by atoms with Gasteiger partial charge in [-0.25, -0.2) is 9.97 Å². The van der Waals surface area contributed by atoms with Gasteiger partial charge in [-0.2, -0.15) is 0 Å². The van der Waals surface area contributed by atoms with E-state index in [1.54, 1.807) is 10.8 Å². The zero-order chi connectivity index (χ0) is 21.3. The SMILES string of the molecule is Cc1ccnc(Nc2cc3ccn(C(C)C)c(=O)c3c(N[C@H]3CC[C@@H](CO)C3)n2)c1. The van der Waals surface area contributed by atoms with Gasteiger partial charge in [-0.15, -0.1) is 0 Å². The molecule has 0 bridgehead atoms. The van der Waals surface area contributed by atoms with Gasteiger partial charge >= 0.3 is 0 Å². The van der Waals surface area contributed by atoms with Gasteiger partial charge in [0.1, 0.15) is 17.5 Å². The lowest BCUT2D eigenvalue weighted by Gasteiger charge is -2.18. The third-order valence-electron chi connectivity index (χ3n) is 5.78. The number of aryl methyl sites for hydroxylation is 1. The van der Waals surface area contributed by atoms with E-state index in [0.29, 0.717) is 28.8 Å². The predicted octanol–water partition coefficient (Wildman–Crippen LogP) is 4.00. The fourth-order valence-corrected chi connectivity index (χ4v) is 4.15. The molecule has 158 valence electrons. The van der Waals surface area contributed by atoms with Crippen LogP contribution in [0.3, 0.4) is 0 Å². The average molecular weight is 408 g/mol. The average Bonchev–Trinajstić information content (AvgIpc) is 3.15. The Morgan fingerprint density at radius 2 is 2.07 bits per heavy atom. The number of aliphatic hydroxyl groups is 1. The van der Waals surface area contributed by atoms with Crippen molar-refractivity contribution >= 4 is 28.2 Å². The Kier molecular flexibility index (Phi) is 5.72. The van der Waals surface area contributed by atoms with Gasteiger partial charge in [0.25, 0.3) is 5.56 Å². The fraction of sp³-hybridized carbons (Fsp3) is 0.435. The molecule has 0 amide bonds. The molecule has 0 spiro atoms. The van der Waals surface area contributed by atoms with Crippen molar-refractivity contribution in [2.75, 3.05) is 17.2 Å². The minimum Gasteiger partial charge on any atom is -0.396 e. The van der Waals surface area contributed by atoms with E-state index in [4.69, 9.17) is 4.98 Å². The first-order valence-corrected chi connectivity index (χ1v) is 10.6.